The Morgan fingerprint density at radius 2 is 1.77 bits per heavy atom. The van der Waals surface area contributed by atoms with Crippen LogP contribution in [0.1, 0.15) is 33.1 Å². The van der Waals surface area contributed by atoms with E-state index in [-0.39, 0.29) is 24.4 Å². The summed E-state index contributed by atoms with van der Waals surface area (Å²) in [6.07, 6.45) is 0. The first kappa shape index (κ1) is 20.3. The molecule has 2 amide bonds. The lowest BCUT2D eigenvalue weighted by Crippen LogP contribution is -2.45. The van der Waals surface area contributed by atoms with Gasteiger partial charge in [-0.05, 0) is 18.6 Å². The van der Waals surface area contributed by atoms with Crippen molar-refractivity contribution >= 4 is 17.5 Å². The van der Waals surface area contributed by atoms with Gasteiger partial charge in [0.2, 0.25) is 5.91 Å². The maximum atomic E-state index is 12.7. The van der Waals surface area contributed by atoms with Gasteiger partial charge in [-0.25, -0.2) is 0 Å². The summed E-state index contributed by atoms with van der Waals surface area (Å²) in [7, 11) is 0. The molecule has 0 saturated carbocycles. The van der Waals surface area contributed by atoms with Gasteiger partial charge in [0.25, 0.3) is 5.91 Å². The van der Waals surface area contributed by atoms with E-state index in [0.29, 0.717) is 31.0 Å². The number of rotatable bonds is 6. The Kier molecular flexibility index (Phi) is 5.97. The highest BCUT2D eigenvalue weighted by Crippen LogP contribution is 2.30. The fourth-order valence-electron chi connectivity index (χ4n) is 4.05. The number of nitrogens with one attached hydrogen (secondary N) is 1. The molecule has 1 unspecified atom stereocenters. The first-order valence-electron chi connectivity index (χ1n) is 10.3. The molecule has 0 radical (unpaired) electrons. The quantitative estimate of drug-likeness (QED) is 0.803. The number of fused-ring (bicyclic) bond motifs is 1. The summed E-state index contributed by atoms with van der Waals surface area (Å²) in [5.74, 6) is -0.364. The summed E-state index contributed by atoms with van der Waals surface area (Å²) in [6, 6.07) is 15.8. The first-order valence-corrected chi connectivity index (χ1v) is 10.3. The third-order valence-electron chi connectivity index (χ3n) is 5.78. The minimum atomic E-state index is -0.192. The van der Waals surface area contributed by atoms with E-state index in [1.54, 1.807) is 6.07 Å². The lowest BCUT2D eigenvalue weighted by atomic mass is 10.0. The molecule has 1 N–H and O–H groups in total. The van der Waals surface area contributed by atoms with Crippen molar-refractivity contribution < 1.29 is 14.3 Å². The number of hydrogen-bond acceptors (Lipinski definition) is 4. The smallest absolute Gasteiger partial charge is 0.259 e. The fraction of sp³-hybridized carbons (Fsp3) is 0.333. The van der Waals surface area contributed by atoms with Gasteiger partial charge < -0.3 is 10.1 Å². The Labute approximate surface area is 177 Å². The minimum absolute atomic E-state index is 0.0317. The highest BCUT2D eigenvalue weighted by atomic mass is 16.5. The van der Waals surface area contributed by atoms with E-state index >= 15 is 0 Å². The molecular formula is C24H27N3O3. The zero-order valence-corrected chi connectivity index (χ0v) is 17.3. The maximum Gasteiger partial charge on any atom is 0.259 e. The van der Waals surface area contributed by atoms with Crippen LogP contribution in [0.3, 0.4) is 0 Å². The number of carbonyl (C=O) groups excluding carboxylic acids is 2. The average Bonchev–Trinajstić information content (AvgIpc) is 3.01. The van der Waals surface area contributed by atoms with Crippen LogP contribution in [0, 0.1) is 6.92 Å². The van der Waals surface area contributed by atoms with Crippen LogP contribution in [0.4, 0.5) is 0 Å². The van der Waals surface area contributed by atoms with Crippen molar-refractivity contribution in [3.8, 4) is 0 Å². The molecule has 30 heavy (non-hydrogen) atoms. The molecular weight excluding hydrogens is 378 g/mol. The summed E-state index contributed by atoms with van der Waals surface area (Å²) in [5.41, 5.74) is 4.34. The summed E-state index contributed by atoms with van der Waals surface area (Å²) in [4.78, 5) is 29.2. The topological polar surface area (TPSA) is 61.9 Å². The lowest BCUT2D eigenvalue weighted by Gasteiger charge is -2.35. The van der Waals surface area contributed by atoms with Crippen LogP contribution in [-0.4, -0.2) is 61.0 Å². The van der Waals surface area contributed by atoms with E-state index in [1.807, 2.05) is 18.2 Å². The zero-order chi connectivity index (χ0) is 21.1. The second-order valence-electron chi connectivity index (χ2n) is 7.76. The number of benzene rings is 2. The molecule has 1 saturated heterocycles. The van der Waals surface area contributed by atoms with Crippen molar-refractivity contribution in [1.29, 1.82) is 0 Å². The molecule has 2 aliphatic rings. The van der Waals surface area contributed by atoms with Crippen LogP contribution in [0.2, 0.25) is 0 Å². The molecule has 6 nitrogen and oxygen atoms in total. The zero-order valence-electron chi connectivity index (χ0n) is 17.3. The van der Waals surface area contributed by atoms with Crippen molar-refractivity contribution in [3.63, 3.8) is 0 Å². The van der Waals surface area contributed by atoms with Gasteiger partial charge in [-0.1, -0.05) is 54.6 Å². The average molecular weight is 405 g/mol. The van der Waals surface area contributed by atoms with E-state index in [4.69, 9.17) is 4.74 Å². The maximum absolute atomic E-state index is 12.7. The Morgan fingerprint density at radius 3 is 2.43 bits per heavy atom. The van der Waals surface area contributed by atoms with Crippen molar-refractivity contribution in [1.82, 2.24) is 15.1 Å². The predicted octanol–water partition coefficient (Wildman–Crippen LogP) is 2.61. The lowest BCUT2D eigenvalue weighted by molar-refractivity contribution is -0.121. The van der Waals surface area contributed by atoms with Crippen LogP contribution in [0.15, 0.2) is 55.1 Å². The van der Waals surface area contributed by atoms with Gasteiger partial charge in [-0.15, -0.1) is 0 Å². The van der Waals surface area contributed by atoms with Crippen LogP contribution < -0.4 is 5.32 Å². The van der Waals surface area contributed by atoms with Gasteiger partial charge in [-0.3, -0.25) is 19.4 Å². The van der Waals surface area contributed by atoms with Crippen LogP contribution in [-0.2, 0) is 9.53 Å². The van der Waals surface area contributed by atoms with E-state index < -0.39 is 0 Å². The Bertz CT molecular complexity index is 913. The number of carbonyl (C=O) groups is 2. The van der Waals surface area contributed by atoms with E-state index in [9.17, 15) is 9.59 Å². The molecule has 1 fully saturated rings. The molecule has 0 aromatic heterocycles. The van der Waals surface area contributed by atoms with Crippen molar-refractivity contribution in [2.24, 2.45) is 0 Å². The van der Waals surface area contributed by atoms with Gasteiger partial charge in [0, 0.05) is 36.5 Å². The van der Waals surface area contributed by atoms with E-state index in [0.717, 1.165) is 24.2 Å². The van der Waals surface area contributed by atoms with Gasteiger partial charge in [0.1, 0.15) is 6.54 Å². The highest BCUT2D eigenvalue weighted by Gasteiger charge is 2.32. The standard InChI is InChI=1S/C24H27N3O3/c1-17-7-9-19(10-8-17)22(26-11-13-30-14-12-26)15-25-23(28)16-27-18(2)20-5-3-4-6-21(20)24(27)29/h3-10,22H,2,11-16H2,1H3,(H,25,28). The van der Waals surface area contributed by atoms with Crippen molar-refractivity contribution in [3.05, 3.63) is 77.4 Å². The fourth-order valence-corrected chi connectivity index (χ4v) is 4.05. The largest absolute Gasteiger partial charge is 0.379 e. The van der Waals surface area contributed by atoms with Gasteiger partial charge >= 0.3 is 0 Å². The van der Waals surface area contributed by atoms with Crippen molar-refractivity contribution in [2.75, 3.05) is 39.4 Å². The molecule has 6 heteroatoms. The third kappa shape index (κ3) is 4.15. The molecule has 4 rings (SSSR count). The molecule has 0 spiro atoms. The molecule has 2 aromatic carbocycles. The summed E-state index contributed by atoms with van der Waals surface area (Å²) < 4.78 is 5.49. The monoisotopic (exact) mass is 405 g/mol. The van der Waals surface area contributed by atoms with E-state index in [2.05, 4.69) is 48.0 Å². The molecule has 1 atom stereocenters. The first-order chi connectivity index (χ1) is 14.5. The second kappa shape index (κ2) is 8.81. The summed E-state index contributed by atoms with van der Waals surface area (Å²) in [5, 5.41) is 3.03. The second-order valence-corrected chi connectivity index (χ2v) is 7.76. The number of amides is 2. The molecule has 2 aromatic rings. The molecule has 0 aliphatic carbocycles. The highest BCUT2D eigenvalue weighted by molar-refractivity contribution is 6.10. The normalized spacial score (nSPS) is 17.7. The van der Waals surface area contributed by atoms with Crippen LogP contribution >= 0.6 is 0 Å². The Morgan fingerprint density at radius 1 is 1.10 bits per heavy atom. The number of hydrogen-bond donors (Lipinski definition) is 1. The third-order valence-corrected chi connectivity index (χ3v) is 5.78. The number of morpholine rings is 1. The Balaban J connectivity index is 1.42. The van der Waals surface area contributed by atoms with Crippen LogP contribution in [0.25, 0.3) is 5.70 Å². The van der Waals surface area contributed by atoms with Gasteiger partial charge in [-0.2, -0.15) is 0 Å². The predicted molar refractivity (Wildman–Crippen MR) is 116 cm³/mol. The molecule has 2 aliphatic heterocycles. The number of aryl methyl sites for hydroxylation is 1. The molecule has 0 bridgehead atoms. The van der Waals surface area contributed by atoms with Crippen LogP contribution in [0.5, 0.6) is 0 Å². The molecule has 2 heterocycles. The van der Waals surface area contributed by atoms with Gasteiger partial charge in [0.15, 0.2) is 0 Å². The number of ether oxygens (including phenoxy) is 1. The SMILES string of the molecule is C=C1c2ccccc2C(=O)N1CC(=O)NCC(c1ccc(C)cc1)N1CCOCC1. The Hall–Kier alpha value is -2.96. The molecule has 156 valence electrons. The summed E-state index contributed by atoms with van der Waals surface area (Å²) in [6.45, 7) is 9.55. The number of nitrogens with zero attached hydrogens (tertiary/aromatic N) is 2. The van der Waals surface area contributed by atoms with Crippen molar-refractivity contribution in [2.45, 2.75) is 13.0 Å². The van der Waals surface area contributed by atoms with Gasteiger partial charge in [0.05, 0.1) is 19.3 Å². The minimum Gasteiger partial charge on any atom is -0.379 e. The summed E-state index contributed by atoms with van der Waals surface area (Å²) >= 11 is 0. The van der Waals surface area contributed by atoms with E-state index in [1.165, 1.54) is 10.5 Å².